The molecule has 0 spiro atoms. The summed E-state index contributed by atoms with van der Waals surface area (Å²) >= 11 is 0. The Morgan fingerprint density at radius 3 is 1.95 bits per heavy atom. The van der Waals surface area contributed by atoms with Gasteiger partial charge in [-0.2, -0.15) is 0 Å². The van der Waals surface area contributed by atoms with Crippen LogP contribution in [-0.2, 0) is 19.1 Å². The molecular weight excluding hydrogens is 282 g/mol. The van der Waals surface area contributed by atoms with Gasteiger partial charge in [0.2, 0.25) is 0 Å². The quantitative estimate of drug-likeness (QED) is 0.499. The molecule has 5 nitrogen and oxygen atoms in total. The van der Waals surface area contributed by atoms with Crippen LogP contribution < -0.4 is 5.32 Å². The van der Waals surface area contributed by atoms with E-state index in [1.807, 2.05) is 20.8 Å². The number of ether oxygens (including phenoxy) is 2. The highest BCUT2D eigenvalue weighted by atomic mass is 16.5. The van der Waals surface area contributed by atoms with Gasteiger partial charge < -0.3 is 14.8 Å². The number of ketones is 2. The van der Waals surface area contributed by atoms with Gasteiger partial charge in [0, 0.05) is 31.2 Å². The summed E-state index contributed by atoms with van der Waals surface area (Å²) in [6, 6.07) is 0.401. The van der Waals surface area contributed by atoms with Gasteiger partial charge in [0.15, 0.2) is 0 Å². The van der Waals surface area contributed by atoms with E-state index in [9.17, 15) is 9.59 Å². The minimum absolute atomic E-state index is 0.0626. The summed E-state index contributed by atoms with van der Waals surface area (Å²) in [7, 11) is 0. The smallest absolute Gasteiger partial charge is 0.137 e. The van der Waals surface area contributed by atoms with Gasteiger partial charge in [-0.1, -0.05) is 34.6 Å². The lowest BCUT2D eigenvalue weighted by Crippen LogP contribution is -2.42. The molecule has 0 aliphatic carbocycles. The van der Waals surface area contributed by atoms with Crippen LogP contribution in [0.5, 0.6) is 0 Å². The summed E-state index contributed by atoms with van der Waals surface area (Å²) in [5, 5.41) is 3.37. The third-order valence-electron chi connectivity index (χ3n) is 3.26. The number of rotatable bonds is 14. The zero-order valence-electron chi connectivity index (χ0n) is 14.8. The van der Waals surface area contributed by atoms with Crippen molar-refractivity contribution in [1.29, 1.82) is 0 Å². The molecule has 0 amide bonds. The monoisotopic (exact) mass is 315 g/mol. The molecule has 0 fully saturated rings. The van der Waals surface area contributed by atoms with Crippen LogP contribution in [0.4, 0.5) is 0 Å². The summed E-state index contributed by atoms with van der Waals surface area (Å²) in [5.74, 6) is 0.507. The van der Waals surface area contributed by atoms with Crippen LogP contribution in [0.2, 0.25) is 0 Å². The molecule has 1 unspecified atom stereocenters. The zero-order chi connectivity index (χ0) is 17.0. The Bertz CT molecular complexity index is 316. The predicted molar refractivity (Wildman–Crippen MR) is 88.1 cm³/mol. The Kier molecular flexibility index (Phi) is 12.3. The molecule has 0 rings (SSSR count). The number of carbonyl (C=O) groups is 2. The normalized spacial score (nSPS) is 12.9. The molecule has 0 saturated heterocycles. The van der Waals surface area contributed by atoms with Gasteiger partial charge in [-0.3, -0.25) is 9.59 Å². The van der Waals surface area contributed by atoms with Crippen molar-refractivity contribution < 1.29 is 19.1 Å². The predicted octanol–water partition coefficient (Wildman–Crippen LogP) is 2.37. The molecule has 0 aromatic rings. The van der Waals surface area contributed by atoms with Crippen molar-refractivity contribution in [2.75, 3.05) is 26.4 Å². The Morgan fingerprint density at radius 2 is 1.50 bits per heavy atom. The van der Waals surface area contributed by atoms with Gasteiger partial charge in [-0.05, 0) is 0 Å². The van der Waals surface area contributed by atoms with Crippen LogP contribution in [-0.4, -0.2) is 50.1 Å². The first-order chi connectivity index (χ1) is 10.4. The summed E-state index contributed by atoms with van der Waals surface area (Å²) in [4.78, 5) is 22.7. The van der Waals surface area contributed by atoms with Crippen molar-refractivity contribution in [2.45, 2.75) is 66.0 Å². The largest absolute Gasteiger partial charge is 0.379 e. The van der Waals surface area contributed by atoms with E-state index < -0.39 is 0 Å². The van der Waals surface area contributed by atoms with Crippen LogP contribution in [0.3, 0.4) is 0 Å². The van der Waals surface area contributed by atoms with Gasteiger partial charge in [0.1, 0.15) is 11.6 Å². The minimum atomic E-state index is 0.0626. The van der Waals surface area contributed by atoms with Crippen LogP contribution in [0.1, 0.15) is 53.9 Å². The van der Waals surface area contributed by atoms with E-state index in [1.165, 1.54) is 0 Å². The molecule has 130 valence electrons. The van der Waals surface area contributed by atoms with E-state index in [1.54, 1.807) is 0 Å². The zero-order valence-corrected chi connectivity index (χ0v) is 14.8. The molecule has 0 heterocycles. The third-order valence-corrected chi connectivity index (χ3v) is 3.26. The maximum Gasteiger partial charge on any atom is 0.137 e. The first-order valence-corrected chi connectivity index (χ1v) is 8.32. The average Bonchev–Trinajstić information content (AvgIpc) is 2.46. The first kappa shape index (κ1) is 21.2. The Hall–Kier alpha value is -0.780. The molecule has 0 aliphatic rings. The van der Waals surface area contributed by atoms with E-state index in [2.05, 4.69) is 19.2 Å². The first-order valence-electron chi connectivity index (χ1n) is 8.32. The lowest BCUT2D eigenvalue weighted by Gasteiger charge is -2.21. The van der Waals surface area contributed by atoms with E-state index >= 15 is 0 Å². The maximum absolute atomic E-state index is 11.5. The SMILES string of the molecule is CCC(=O)CCOCC(COCCC(=O)C(C)C)NC(C)C. The fourth-order valence-corrected chi connectivity index (χ4v) is 1.89. The second-order valence-electron chi connectivity index (χ2n) is 6.18. The number of hydrogen-bond acceptors (Lipinski definition) is 5. The molecule has 1 N–H and O–H groups in total. The maximum atomic E-state index is 11.5. The fourth-order valence-electron chi connectivity index (χ4n) is 1.89. The molecule has 22 heavy (non-hydrogen) atoms. The van der Waals surface area contributed by atoms with E-state index in [4.69, 9.17) is 9.47 Å². The van der Waals surface area contributed by atoms with Crippen molar-refractivity contribution >= 4 is 11.6 Å². The van der Waals surface area contributed by atoms with Crippen molar-refractivity contribution in [2.24, 2.45) is 5.92 Å². The van der Waals surface area contributed by atoms with E-state index in [0.29, 0.717) is 51.7 Å². The summed E-state index contributed by atoms with van der Waals surface area (Å²) in [6.45, 7) is 11.7. The van der Waals surface area contributed by atoms with Gasteiger partial charge >= 0.3 is 0 Å². The number of nitrogens with one attached hydrogen (secondary N) is 1. The van der Waals surface area contributed by atoms with Crippen molar-refractivity contribution in [1.82, 2.24) is 5.32 Å². The van der Waals surface area contributed by atoms with Crippen LogP contribution in [0, 0.1) is 5.92 Å². The van der Waals surface area contributed by atoms with Gasteiger partial charge in [-0.25, -0.2) is 0 Å². The number of hydrogen-bond donors (Lipinski definition) is 1. The van der Waals surface area contributed by atoms with Crippen LogP contribution in [0.25, 0.3) is 0 Å². The Morgan fingerprint density at radius 1 is 0.955 bits per heavy atom. The number of Topliss-reactive ketones (excluding diaryl/α,β-unsaturated/α-hetero) is 2. The van der Waals surface area contributed by atoms with Gasteiger partial charge in [0.25, 0.3) is 0 Å². The van der Waals surface area contributed by atoms with Crippen molar-refractivity contribution in [3.63, 3.8) is 0 Å². The molecule has 0 bridgehead atoms. The second kappa shape index (κ2) is 12.7. The second-order valence-corrected chi connectivity index (χ2v) is 6.18. The highest BCUT2D eigenvalue weighted by Gasteiger charge is 2.12. The minimum Gasteiger partial charge on any atom is -0.379 e. The lowest BCUT2D eigenvalue weighted by atomic mass is 10.1. The third kappa shape index (κ3) is 11.8. The highest BCUT2D eigenvalue weighted by molar-refractivity contribution is 5.80. The molecular formula is C17H33NO4. The molecule has 0 aliphatic heterocycles. The van der Waals surface area contributed by atoms with Crippen molar-refractivity contribution in [3.8, 4) is 0 Å². The lowest BCUT2D eigenvalue weighted by molar-refractivity contribution is -0.123. The molecule has 1 atom stereocenters. The van der Waals surface area contributed by atoms with Gasteiger partial charge in [-0.15, -0.1) is 0 Å². The summed E-state index contributed by atoms with van der Waals surface area (Å²) in [5.41, 5.74) is 0. The standard InChI is InChI=1S/C17H33NO4/c1-6-16(19)7-9-21-11-15(18-14(4)5)12-22-10-8-17(20)13(2)3/h13-15,18H,6-12H2,1-5H3. The Balaban J connectivity index is 3.92. The Labute approximate surface area is 135 Å². The van der Waals surface area contributed by atoms with Crippen LogP contribution >= 0.6 is 0 Å². The van der Waals surface area contributed by atoms with E-state index in [-0.39, 0.29) is 23.5 Å². The topological polar surface area (TPSA) is 64.6 Å². The van der Waals surface area contributed by atoms with Gasteiger partial charge in [0.05, 0.1) is 32.5 Å². The van der Waals surface area contributed by atoms with Crippen LogP contribution in [0.15, 0.2) is 0 Å². The molecule has 0 aromatic heterocycles. The fraction of sp³-hybridized carbons (Fsp3) is 0.882. The summed E-state index contributed by atoms with van der Waals surface area (Å²) in [6.07, 6.45) is 1.48. The average molecular weight is 315 g/mol. The number of carbonyl (C=O) groups excluding carboxylic acids is 2. The molecule has 0 radical (unpaired) electrons. The molecule has 0 aromatic carbocycles. The van der Waals surface area contributed by atoms with E-state index in [0.717, 1.165) is 0 Å². The van der Waals surface area contributed by atoms with Crippen molar-refractivity contribution in [3.05, 3.63) is 0 Å². The molecule has 5 heteroatoms. The summed E-state index contributed by atoms with van der Waals surface area (Å²) < 4.78 is 11.1. The highest BCUT2D eigenvalue weighted by Crippen LogP contribution is 2.00. The molecule has 0 saturated carbocycles.